The van der Waals surface area contributed by atoms with Crippen molar-refractivity contribution in [2.24, 2.45) is 0 Å². The molecule has 32 heavy (non-hydrogen) atoms. The molecule has 3 atom stereocenters. The summed E-state index contributed by atoms with van der Waals surface area (Å²) >= 11 is 0. The van der Waals surface area contributed by atoms with Crippen molar-refractivity contribution in [3.63, 3.8) is 0 Å². The van der Waals surface area contributed by atoms with Gasteiger partial charge in [-0.3, -0.25) is 14.8 Å². The number of amides is 2. The maximum absolute atomic E-state index is 14.1. The molecule has 0 bridgehead atoms. The first-order valence-electron chi connectivity index (χ1n) is 10.4. The Kier molecular flexibility index (Phi) is 5.32. The van der Waals surface area contributed by atoms with Crippen molar-refractivity contribution < 1.29 is 18.7 Å². The zero-order chi connectivity index (χ0) is 22.2. The van der Waals surface area contributed by atoms with Crippen molar-refractivity contribution in [2.75, 3.05) is 23.4 Å². The van der Waals surface area contributed by atoms with E-state index < -0.39 is 17.7 Å². The smallest absolute Gasteiger partial charge is 0.326 e. The third kappa shape index (κ3) is 3.51. The van der Waals surface area contributed by atoms with E-state index in [1.807, 2.05) is 36.4 Å². The predicted molar refractivity (Wildman–Crippen MR) is 116 cm³/mol. The number of hydrogen-bond acceptors (Lipinski definition) is 4. The molecule has 0 spiro atoms. The lowest BCUT2D eigenvalue weighted by molar-refractivity contribution is -0.0484. The molecule has 8 heteroatoms. The van der Waals surface area contributed by atoms with E-state index in [9.17, 15) is 18.7 Å². The molecular formula is C24H22F2N4O2. The fourth-order valence-electron chi connectivity index (χ4n) is 4.87. The monoisotopic (exact) mass is 436 g/mol. The summed E-state index contributed by atoms with van der Waals surface area (Å²) in [7, 11) is 0. The predicted octanol–water partition coefficient (Wildman–Crippen LogP) is 3.74. The van der Waals surface area contributed by atoms with Crippen LogP contribution in [0.3, 0.4) is 0 Å². The van der Waals surface area contributed by atoms with E-state index >= 15 is 0 Å². The molecule has 1 aromatic heterocycles. The Morgan fingerprint density at radius 1 is 1.16 bits per heavy atom. The minimum Gasteiger partial charge on any atom is -0.395 e. The Morgan fingerprint density at radius 3 is 2.78 bits per heavy atom. The van der Waals surface area contributed by atoms with Gasteiger partial charge < -0.3 is 10.4 Å². The summed E-state index contributed by atoms with van der Waals surface area (Å²) in [6.45, 7) is 0.952. The molecule has 1 saturated heterocycles. The van der Waals surface area contributed by atoms with Gasteiger partial charge in [0.25, 0.3) is 0 Å². The number of halogens is 2. The Bertz CT molecular complexity index is 1140. The molecule has 2 aromatic carbocycles. The molecular weight excluding hydrogens is 414 g/mol. The number of carbonyl (C=O) groups is 1. The minimum absolute atomic E-state index is 0.00351. The quantitative estimate of drug-likeness (QED) is 0.654. The number of aromatic nitrogens is 1. The van der Waals surface area contributed by atoms with Crippen LogP contribution in [0.25, 0.3) is 0 Å². The lowest BCUT2D eigenvalue weighted by atomic mass is 9.72. The molecule has 2 aliphatic rings. The number of para-hydroxylation sites is 1. The van der Waals surface area contributed by atoms with Gasteiger partial charge >= 0.3 is 6.03 Å². The van der Waals surface area contributed by atoms with Crippen LogP contribution in [-0.4, -0.2) is 46.3 Å². The average molecular weight is 436 g/mol. The van der Waals surface area contributed by atoms with E-state index in [1.54, 1.807) is 17.3 Å². The molecule has 6 nitrogen and oxygen atoms in total. The Morgan fingerprint density at radius 2 is 2.00 bits per heavy atom. The molecule has 3 aromatic rings. The summed E-state index contributed by atoms with van der Waals surface area (Å²) in [6, 6.07) is 13.7. The number of nitrogens with one attached hydrogen (secondary N) is 1. The standard InChI is InChI=1S/C24H22F2N4O2/c25-16-7-8-18(26)19(10-16)28-24(32)30-13-21-23(17-5-1-2-6-20(17)30)22(14-31)29(21)12-15-4-3-9-27-11-15/h1-11,21-23,31H,12-14H2,(H,28,32)/t21-,22+,23+/m0/s1. The van der Waals surface area contributed by atoms with Crippen molar-refractivity contribution in [3.05, 3.63) is 89.8 Å². The van der Waals surface area contributed by atoms with Crippen molar-refractivity contribution in [2.45, 2.75) is 24.5 Å². The van der Waals surface area contributed by atoms with Crippen molar-refractivity contribution in [1.29, 1.82) is 0 Å². The molecule has 0 saturated carbocycles. The number of likely N-dealkylation sites (tertiary alicyclic amines) is 1. The lowest BCUT2D eigenvalue weighted by Gasteiger charge is -2.59. The molecule has 164 valence electrons. The first-order chi connectivity index (χ1) is 15.6. The molecule has 2 amide bonds. The largest absolute Gasteiger partial charge is 0.395 e. The first-order valence-corrected chi connectivity index (χ1v) is 10.4. The van der Waals surface area contributed by atoms with Crippen molar-refractivity contribution >= 4 is 17.4 Å². The average Bonchev–Trinajstić information content (AvgIpc) is 2.80. The van der Waals surface area contributed by atoms with Gasteiger partial charge in [-0.05, 0) is 35.4 Å². The second-order valence-electron chi connectivity index (χ2n) is 8.10. The van der Waals surface area contributed by atoms with Gasteiger partial charge in [-0.25, -0.2) is 13.6 Å². The van der Waals surface area contributed by atoms with Gasteiger partial charge in [0.2, 0.25) is 0 Å². The van der Waals surface area contributed by atoms with E-state index in [2.05, 4.69) is 15.2 Å². The Labute approximate surface area is 184 Å². The maximum atomic E-state index is 14.1. The summed E-state index contributed by atoms with van der Waals surface area (Å²) in [4.78, 5) is 21.0. The van der Waals surface area contributed by atoms with Gasteiger partial charge in [0.05, 0.1) is 12.3 Å². The minimum atomic E-state index is -0.704. The van der Waals surface area contributed by atoms with Crippen LogP contribution >= 0.6 is 0 Å². The van der Waals surface area contributed by atoms with Crippen LogP contribution in [0.5, 0.6) is 0 Å². The Balaban J connectivity index is 1.45. The third-order valence-corrected chi connectivity index (χ3v) is 6.33. The fraction of sp³-hybridized carbons (Fsp3) is 0.250. The molecule has 1 fully saturated rings. The number of aliphatic hydroxyl groups is 1. The summed E-state index contributed by atoms with van der Waals surface area (Å²) in [6.07, 6.45) is 3.50. The van der Waals surface area contributed by atoms with Gasteiger partial charge in [0, 0.05) is 55.2 Å². The zero-order valence-electron chi connectivity index (χ0n) is 17.2. The summed E-state index contributed by atoms with van der Waals surface area (Å²) in [5.74, 6) is -1.26. The number of fused-ring (bicyclic) bond motifs is 3. The number of benzene rings is 2. The van der Waals surface area contributed by atoms with Crippen LogP contribution < -0.4 is 10.2 Å². The fourth-order valence-corrected chi connectivity index (χ4v) is 4.87. The molecule has 2 aliphatic heterocycles. The SMILES string of the molecule is O=C(Nc1cc(F)ccc1F)N1C[C@H]2[C@@H](c3ccccc31)[C@@H](CO)N2Cc1cccnc1. The van der Waals surface area contributed by atoms with Crippen molar-refractivity contribution in [1.82, 2.24) is 9.88 Å². The molecule has 5 rings (SSSR count). The van der Waals surface area contributed by atoms with Gasteiger partial charge in [-0.15, -0.1) is 0 Å². The van der Waals surface area contributed by atoms with Crippen LogP contribution in [0.15, 0.2) is 67.0 Å². The maximum Gasteiger partial charge on any atom is 0.326 e. The topological polar surface area (TPSA) is 68.7 Å². The molecule has 2 N–H and O–H groups in total. The summed E-state index contributed by atoms with van der Waals surface area (Å²) in [5.41, 5.74) is 2.48. The number of hydrogen-bond donors (Lipinski definition) is 2. The van der Waals surface area contributed by atoms with E-state index in [4.69, 9.17) is 0 Å². The number of pyridine rings is 1. The van der Waals surface area contributed by atoms with Crippen LogP contribution in [0, 0.1) is 11.6 Å². The molecule has 3 heterocycles. The molecule has 0 aliphatic carbocycles. The van der Waals surface area contributed by atoms with Gasteiger partial charge in [-0.2, -0.15) is 0 Å². The second-order valence-corrected chi connectivity index (χ2v) is 8.10. The number of aliphatic hydroxyl groups excluding tert-OH is 1. The number of urea groups is 1. The lowest BCUT2D eigenvalue weighted by Crippen LogP contribution is -2.69. The van der Waals surface area contributed by atoms with E-state index in [0.29, 0.717) is 18.8 Å². The highest BCUT2D eigenvalue weighted by Gasteiger charge is 2.53. The summed E-state index contributed by atoms with van der Waals surface area (Å²) in [5, 5.41) is 12.6. The highest BCUT2D eigenvalue weighted by Crippen LogP contribution is 2.48. The van der Waals surface area contributed by atoms with Crippen LogP contribution in [0.2, 0.25) is 0 Å². The van der Waals surface area contributed by atoms with Crippen LogP contribution in [0.1, 0.15) is 17.0 Å². The van der Waals surface area contributed by atoms with Crippen LogP contribution in [-0.2, 0) is 6.54 Å². The summed E-state index contributed by atoms with van der Waals surface area (Å²) < 4.78 is 27.7. The van der Waals surface area contributed by atoms with Crippen LogP contribution in [0.4, 0.5) is 25.0 Å². The Hall–Kier alpha value is -3.36. The first kappa shape index (κ1) is 20.5. The number of rotatable bonds is 4. The molecule has 0 radical (unpaired) electrons. The zero-order valence-corrected chi connectivity index (χ0v) is 17.2. The van der Waals surface area contributed by atoms with E-state index in [0.717, 1.165) is 29.3 Å². The van der Waals surface area contributed by atoms with Gasteiger partial charge in [0.1, 0.15) is 11.6 Å². The normalized spacial score (nSPS) is 22.0. The number of nitrogens with zero attached hydrogens (tertiary/aromatic N) is 3. The van der Waals surface area contributed by atoms with E-state index in [1.165, 1.54) is 0 Å². The number of anilines is 2. The molecule has 0 unspecified atom stereocenters. The second kappa shape index (κ2) is 8.29. The van der Waals surface area contributed by atoms with Gasteiger partial charge in [0.15, 0.2) is 0 Å². The van der Waals surface area contributed by atoms with E-state index in [-0.39, 0.29) is 30.3 Å². The highest BCUT2D eigenvalue weighted by molar-refractivity contribution is 6.03. The van der Waals surface area contributed by atoms with Crippen molar-refractivity contribution in [3.8, 4) is 0 Å². The van der Waals surface area contributed by atoms with Gasteiger partial charge in [-0.1, -0.05) is 24.3 Å². The third-order valence-electron chi connectivity index (χ3n) is 6.33. The highest BCUT2D eigenvalue weighted by atomic mass is 19.1. The number of carbonyl (C=O) groups excluding carboxylic acids is 1.